The molecule has 9 heteroatoms. The van der Waals surface area contributed by atoms with Gasteiger partial charge >= 0.3 is 5.97 Å². The first-order valence-corrected chi connectivity index (χ1v) is 12.4. The number of hydrogen-bond donors (Lipinski definition) is 1. The molecule has 2 aromatic heterocycles. The lowest BCUT2D eigenvalue weighted by Gasteiger charge is -2.30. The van der Waals surface area contributed by atoms with E-state index in [0.717, 1.165) is 78.7 Å². The summed E-state index contributed by atoms with van der Waals surface area (Å²) in [5.74, 6) is 0.719. The van der Waals surface area contributed by atoms with Crippen molar-refractivity contribution < 1.29 is 14.3 Å². The van der Waals surface area contributed by atoms with Gasteiger partial charge in [-0.3, -0.25) is 9.78 Å². The number of ether oxygens (including phenoxy) is 1. The first kappa shape index (κ1) is 25.5. The van der Waals surface area contributed by atoms with Crippen LogP contribution in [0.5, 0.6) is 0 Å². The van der Waals surface area contributed by atoms with E-state index in [4.69, 9.17) is 9.72 Å². The molecule has 186 valence electrons. The number of pyridine rings is 1. The number of anilines is 2. The summed E-state index contributed by atoms with van der Waals surface area (Å²) in [6.45, 7) is 3.87. The number of methoxy groups -OCH3 is 1. The molecule has 1 aliphatic heterocycles. The van der Waals surface area contributed by atoms with E-state index in [1.165, 1.54) is 7.11 Å². The van der Waals surface area contributed by atoms with Gasteiger partial charge in [-0.2, -0.15) is 0 Å². The molecule has 0 saturated carbocycles. The van der Waals surface area contributed by atoms with Crippen molar-refractivity contribution >= 4 is 31.2 Å². The molecule has 1 aromatic carbocycles. The minimum absolute atomic E-state index is 0.241. The normalized spacial score (nSPS) is 14.3. The molecule has 0 aliphatic carbocycles. The minimum Gasteiger partial charge on any atom is -0.469 e. The van der Waals surface area contributed by atoms with Crippen LogP contribution in [0.1, 0.15) is 46.8 Å². The molecule has 1 aliphatic rings. The standard InChI is InChI=1S/C27H32BN5O3/c1-19-16-30-27(32-24(19)9-7-20-5-3-4-6-22(20)15-26(35)36-2)31-23-8-10-25(29-17-23)21-11-13-33(14-12-21)28-18-34/h3-6,8,10,16-18,21,28H,7,9,11-15H2,1-2H3,(H,30,31,32). The van der Waals surface area contributed by atoms with Gasteiger partial charge in [-0.05, 0) is 74.5 Å². The number of benzene rings is 1. The first-order chi connectivity index (χ1) is 17.6. The quantitative estimate of drug-likeness (QED) is 0.266. The van der Waals surface area contributed by atoms with E-state index >= 15 is 0 Å². The van der Waals surface area contributed by atoms with Gasteiger partial charge in [-0.1, -0.05) is 24.3 Å². The van der Waals surface area contributed by atoms with Crippen LogP contribution in [0.2, 0.25) is 0 Å². The number of piperidine rings is 1. The van der Waals surface area contributed by atoms with Gasteiger partial charge in [0.05, 0.1) is 31.6 Å². The van der Waals surface area contributed by atoms with Crippen LogP contribution in [0.3, 0.4) is 0 Å². The van der Waals surface area contributed by atoms with Gasteiger partial charge in [0.15, 0.2) is 0 Å². The van der Waals surface area contributed by atoms with Crippen LogP contribution in [-0.4, -0.2) is 59.5 Å². The Balaban J connectivity index is 1.37. The summed E-state index contributed by atoms with van der Waals surface area (Å²) in [4.78, 5) is 38.6. The SMILES string of the molecule is COC(=O)Cc1ccccc1CCc1nc(Nc2ccc(C3CCN(BC=O)CC3)nc2)ncc1C. The predicted octanol–water partition coefficient (Wildman–Crippen LogP) is 3.15. The van der Waals surface area contributed by atoms with Crippen molar-refractivity contribution in [3.8, 4) is 0 Å². The maximum atomic E-state index is 11.8. The van der Waals surface area contributed by atoms with Crippen LogP contribution in [0.4, 0.5) is 11.6 Å². The molecule has 0 amide bonds. The Morgan fingerprint density at radius 2 is 1.89 bits per heavy atom. The topological polar surface area (TPSA) is 97.3 Å². The van der Waals surface area contributed by atoms with E-state index in [0.29, 0.717) is 19.3 Å². The minimum atomic E-state index is -0.241. The molecule has 0 spiro atoms. The molecule has 4 rings (SSSR count). The lowest BCUT2D eigenvalue weighted by atomic mass is 9.86. The zero-order chi connectivity index (χ0) is 25.3. The fraction of sp³-hybridized carbons (Fsp3) is 0.370. The lowest BCUT2D eigenvalue weighted by molar-refractivity contribution is -0.139. The molecular formula is C27H32BN5O3. The molecular weight excluding hydrogens is 453 g/mol. The molecule has 3 heterocycles. The molecule has 0 bridgehead atoms. The Kier molecular flexibility index (Phi) is 8.78. The Morgan fingerprint density at radius 1 is 1.11 bits per heavy atom. The maximum Gasteiger partial charge on any atom is 0.309 e. The summed E-state index contributed by atoms with van der Waals surface area (Å²) in [7, 11) is 1.93. The Bertz CT molecular complexity index is 1180. The van der Waals surface area contributed by atoms with E-state index in [2.05, 4.69) is 26.2 Å². The van der Waals surface area contributed by atoms with Crippen molar-refractivity contribution in [1.82, 2.24) is 19.8 Å². The maximum absolute atomic E-state index is 11.8. The second kappa shape index (κ2) is 12.4. The molecule has 0 radical (unpaired) electrons. The monoisotopic (exact) mass is 485 g/mol. The number of hydrogen-bond acceptors (Lipinski definition) is 8. The fourth-order valence-corrected chi connectivity index (χ4v) is 4.61. The number of carbonyl (C=O) groups is 2. The highest BCUT2D eigenvalue weighted by atomic mass is 16.5. The van der Waals surface area contributed by atoms with Crippen molar-refractivity contribution in [2.45, 2.75) is 44.9 Å². The molecule has 1 N–H and O–H groups in total. The Morgan fingerprint density at radius 3 is 2.58 bits per heavy atom. The summed E-state index contributed by atoms with van der Waals surface area (Å²) in [5, 5.41) is 3.28. The average molecular weight is 485 g/mol. The van der Waals surface area contributed by atoms with Crippen molar-refractivity contribution in [2.75, 3.05) is 25.5 Å². The average Bonchev–Trinajstić information content (AvgIpc) is 2.91. The van der Waals surface area contributed by atoms with Crippen LogP contribution in [-0.2, 0) is 33.6 Å². The van der Waals surface area contributed by atoms with Crippen molar-refractivity contribution in [1.29, 1.82) is 0 Å². The fourth-order valence-electron chi connectivity index (χ4n) is 4.61. The van der Waals surface area contributed by atoms with Gasteiger partial charge in [0.25, 0.3) is 7.41 Å². The zero-order valence-corrected chi connectivity index (χ0v) is 20.9. The second-order valence-electron chi connectivity index (χ2n) is 9.18. The van der Waals surface area contributed by atoms with Crippen LogP contribution in [0, 0.1) is 6.92 Å². The van der Waals surface area contributed by atoms with E-state index in [9.17, 15) is 9.59 Å². The van der Waals surface area contributed by atoms with Gasteiger partial charge in [0.1, 0.15) is 0 Å². The third-order valence-electron chi connectivity index (χ3n) is 6.77. The number of rotatable bonds is 10. The largest absolute Gasteiger partial charge is 0.469 e. The summed E-state index contributed by atoms with van der Waals surface area (Å²) >= 11 is 0. The number of carbonyl (C=O) groups excluding carboxylic acids is 2. The van der Waals surface area contributed by atoms with Gasteiger partial charge in [-0.15, -0.1) is 0 Å². The Hall–Kier alpha value is -3.59. The molecule has 3 aromatic rings. The summed E-state index contributed by atoms with van der Waals surface area (Å²) in [6.07, 6.45) is 8.44. The molecule has 0 unspecified atom stereocenters. The number of nitrogens with zero attached hydrogens (tertiary/aromatic N) is 4. The van der Waals surface area contributed by atoms with Gasteiger partial charge in [-0.25, -0.2) is 9.97 Å². The van der Waals surface area contributed by atoms with Crippen molar-refractivity contribution in [2.24, 2.45) is 0 Å². The zero-order valence-electron chi connectivity index (χ0n) is 20.9. The molecule has 8 nitrogen and oxygen atoms in total. The smallest absolute Gasteiger partial charge is 0.309 e. The summed E-state index contributed by atoms with van der Waals surface area (Å²) < 4.78 is 4.83. The number of esters is 1. The van der Waals surface area contributed by atoms with Crippen molar-refractivity contribution in [3.05, 3.63) is 76.9 Å². The molecule has 0 atom stereocenters. The summed E-state index contributed by atoms with van der Waals surface area (Å²) in [5.41, 5.74) is 6.02. The van der Waals surface area contributed by atoms with Crippen LogP contribution < -0.4 is 5.32 Å². The third kappa shape index (κ3) is 6.76. The van der Waals surface area contributed by atoms with Gasteiger partial charge in [0.2, 0.25) is 5.95 Å². The van der Waals surface area contributed by atoms with Crippen LogP contribution in [0.15, 0.2) is 48.8 Å². The molecule has 1 saturated heterocycles. The second-order valence-corrected chi connectivity index (χ2v) is 9.18. The summed E-state index contributed by atoms with van der Waals surface area (Å²) in [6, 6.07) is 12.0. The van der Waals surface area contributed by atoms with E-state index in [1.807, 2.05) is 49.6 Å². The highest BCUT2D eigenvalue weighted by molar-refractivity contribution is 6.64. The third-order valence-corrected chi connectivity index (χ3v) is 6.77. The Labute approximate surface area is 212 Å². The first-order valence-electron chi connectivity index (χ1n) is 12.4. The highest BCUT2D eigenvalue weighted by Crippen LogP contribution is 2.27. The number of aryl methyl sites for hydroxylation is 3. The van der Waals surface area contributed by atoms with E-state index in [1.54, 1.807) is 0 Å². The van der Waals surface area contributed by atoms with Crippen LogP contribution >= 0.6 is 0 Å². The highest BCUT2D eigenvalue weighted by Gasteiger charge is 2.21. The molecule has 1 fully saturated rings. The number of aromatic nitrogens is 3. The van der Waals surface area contributed by atoms with Gasteiger partial charge < -0.3 is 19.7 Å². The van der Waals surface area contributed by atoms with E-state index in [-0.39, 0.29) is 12.4 Å². The van der Waals surface area contributed by atoms with Crippen LogP contribution in [0.25, 0.3) is 0 Å². The predicted molar refractivity (Wildman–Crippen MR) is 141 cm³/mol. The number of nitrogens with one attached hydrogen (secondary N) is 1. The van der Waals surface area contributed by atoms with Gasteiger partial charge in [0, 0.05) is 23.5 Å². The lowest BCUT2D eigenvalue weighted by Crippen LogP contribution is -2.36. The van der Waals surface area contributed by atoms with E-state index < -0.39 is 0 Å². The molecule has 36 heavy (non-hydrogen) atoms. The van der Waals surface area contributed by atoms with Crippen molar-refractivity contribution in [3.63, 3.8) is 0 Å².